The minimum atomic E-state index is -0.192. The van der Waals surface area contributed by atoms with E-state index in [4.69, 9.17) is 4.98 Å². The molecular weight excluding hydrogens is 400 g/mol. The molecule has 0 radical (unpaired) electrons. The summed E-state index contributed by atoms with van der Waals surface area (Å²) < 4.78 is 1.95. The highest BCUT2D eigenvalue weighted by molar-refractivity contribution is 5.76. The van der Waals surface area contributed by atoms with Gasteiger partial charge in [-0.3, -0.25) is 9.36 Å². The Kier molecular flexibility index (Phi) is 5.96. The minimum absolute atomic E-state index is 0.00669. The second-order valence-electron chi connectivity index (χ2n) is 9.47. The lowest BCUT2D eigenvalue weighted by Gasteiger charge is -2.26. The number of aromatic nitrogens is 3. The van der Waals surface area contributed by atoms with E-state index < -0.39 is 0 Å². The maximum absolute atomic E-state index is 13.8. The maximum Gasteiger partial charge on any atom is 0.256 e. The van der Waals surface area contributed by atoms with E-state index >= 15 is 0 Å². The van der Waals surface area contributed by atoms with E-state index in [1.807, 2.05) is 35.0 Å². The van der Waals surface area contributed by atoms with Crippen LogP contribution < -0.4 is 10.9 Å². The number of pyridine rings is 1. The molecule has 0 bridgehead atoms. The molecule has 0 amide bonds. The zero-order chi connectivity index (χ0) is 22.1. The topological polar surface area (TPSA) is 80.0 Å². The van der Waals surface area contributed by atoms with Crippen LogP contribution in [-0.2, 0) is 0 Å². The van der Waals surface area contributed by atoms with E-state index in [1.165, 1.54) is 0 Å². The Hall–Kier alpha value is -2.73. The van der Waals surface area contributed by atoms with Gasteiger partial charge in [-0.25, -0.2) is 4.98 Å². The molecule has 0 saturated heterocycles. The number of aliphatic hydroxyl groups is 1. The largest absolute Gasteiger partial charge is 0.393 e. The third-order valence-corrected chi connectivity index (χ3v) is 7.29. The number of anilines is 1. The van der Waals surface area contributed by atoms with Gasteiger partial charge in [0, 0.05) is 35.1 Å². The molecule has 1 atom stereocenters. The van der Waals surface area contributed by atoms with Gasteiger partial charge in [0.1, 0.15) is 5.65 Å². The molecule has 2 aromatic heterocycles. The first-order valence-corrected chi connectivity index (χ1v) is 12.0. The molecule has 3 aromatic rings. The van der Waals surface area contributed by atoms with Crippen LogP contribution in [0.25, 0.3) is 11.0 Å². The third-order valence-electron chi connectivity index (χ3n) is 7.29. The van der Waals surface area contributed by atoms with Crippen molar-refractivity contribution < 1.29 is 5.11 Å². The summed E-state index contributed by atoms with van der Waals surface area (Å²) in [6.45, 7) is 2.10. The van der Waals surface area contributed by atoms with Crippen molar-refractivity contribution in [3.8, 4) is 0 Å². The van der Waals surface area contributed by atoms with Crippen molar-refractivity contribution in [2.24, 2.45) is 0 Å². The Morgan fingerprint density at radius 1 is 1.06 bits per heavy atom. The average molecular weight is 433 g/mol. The molecule has 1 aromatic carbocycles. The fourth-order valence-corrected chi connectivity index (χ4v) is 5.35. The van der Waals surface area contributed by atoms with Crippen LogP contribution in [0.4, 0.5) is 5.95 Å². The predicted octanol–water partition coefficient (Wildman–Crippen LogP) is 4.77. The SMILES string of the molecule is CC(c1ccccc1)c1cc2cnc(NC3CCC(O)CC3)nc2n(C2CCCC2)c1=O. The summed E-state index contributed by atoms with van der Waals surface area (Å²) in [5.41, 5.74) is 2.76. The van der Waals surface area contributed by atoms with Gasteiger partial charge in [0.15, 0.2) is 0 Å². The number of benzene rings is 1. The van der Waals surface area contributed by atoms with Crippen LogP contribution in [0, 0.1) is 0 Å². The van der Waals surface area contributed by atoms with Gasteiger partial charge >= 0.3 is 0 Å². The summed E-state index contributed by atoms with van der Waals surface area (Å²) in [6, 6.07) is 12.7. The molecule has 2 heterocycles. The van der Waals surface area contributed by atoms with Crippen molar-refractivity contribution in [1.29, 1.82) is 0 Å². The van der Waals surface area contributed by atoms with Gasteiger partial charge in [-0.2, -0.15) is 4.98 Å². The highest BCUT2D eigenvalue weighted by Crippen LogP contribution is 2.32. The number of hydrogen-bond acceptors (Lipinski definition) is 5. The van der Waals surface area contributed by atoms with E-state index in [9.17, 15) is 9.90 Å². The van der Waals surface area contributed by atoms with Crippen LogP contribution in [0.15, 0.2) is 47.4 Å². The number of nitrogens with zero attached hydrogens (tertiary/aromatic N) is 3. The first-order valence-electron chi connectivity index (χ1n) is 12.0. The van der Waals surface area contributed by atoms with Crippen molar-refractivity contribution in [2.45, 2.75) is 82.4 Å². The molecule has 32 heavy (non-hydrogen) atoms. The van der Waals surface area contributed by atoms with E-state index in [0.717, 1.165) is 73.5 Å². The predicted molar refractivity (Wildman–Crippen MR) is 127 cm³/mol. The highest BCUT2D eigenvalue weighted by atomic mass is 16.3. The number of aliphatic hydroxyl groups excluding tert-OH is 1. The lowest BCUT2D eigenvalue weighted by atomic mass is 9.93. The second-order valence-corrected chi connectivity index (χ2v) is 9.47. The molecule has 2 aliphatic rings. The Morgan fingerprint density at radius 2 is 1.78 bits per heavy atom. The van der Waals surface area contributed by atoms with Gasteiger partial charge in [-0.05, 0) is 50.2 Å². The number of rotatable bonds is 5. The lowest BCUT2D eigenvalue weighted by Crippen LogP contribution is -2.30. The zero-order valence-corrected chi connectivity index (χ0v) is 18.7. The highest BCUT2D eigenvalue weighted by Gasteiger charge is 2.25. The quantitative estimate of drug-likeness (QED) is 0.607. The monoisotopic (exact) mass is 432 g/mol. The lowest BCUT2D eigenvalue weighted by molar-refractivity contribution is 0.126. The average Bonchev–Trinajstić information content (AvgIpc) is 3.35. The first-order chi connectivity index (χ1) is 15.6. The zero-order valence-electron chi connectivity index (χ0n) is 18.7. The smallest absolute Gasteiger partial charge is 0.256 e. The number of hydrogen-bond donors (Lipinski definition) is 2. The third kappa shape index (κ3) is 4.16. The molecule has 5 rings (SSSR count). The maximum atomic E-state index is 13.8. The summed E-state index contributed by atoms with van der Waals surface area (Å²) in [4.78, 5) is 23.2. The summed E-state index contributed by atoms with van der Waals surface area (Å²) >= 11 is 0. The van der Waals surface area contributed by atoms with Crippen LogP contribution in [0.3, 0.4) is 0 Å². The van der Waals surface area contributed by atoms with E-state index in [1.54, 1.807) is 0 Å². The molecule has 2 saturated carbocycles. The Balaban J connectivity index is 1.56. The fraction of sp³-hybridized carbons (Fsp3) is 0.500. The standard InChI is InChI=1S/C26H32N4O2/c1-17(18-7-3-2-4-8-18)23-15-19-16-27-26(28-20-11-13-22(31)14-12-20)29-24(19)30(25(23)32)21-9-5-6-10-21/h2-4,7-8,15-17,20-22,31H,5-6,9-14H2,1H3,(H,27,28,29). The van der Waals surface area contributed by atoms with E-state index in [-0.39, 0.29) is 29.7 Å². The van der Waals surface area contributed by atoms with Crippen LogP contribution in [0.1, 0.15) is 81.4 Å². The Bertz CT molecular complexity index is 1130. The molecule has 6 heteroatoms. The number of fused-ring (bicyclic) bond motifs is 1. The van der Waals surface area contributed by atoms with Crippen molar-refractivity contribution in [3.63, 3.8) is 0 Å². The molecule has 2 fully saturated rings. The van der Waals surface area contributed by atoms with Gasteiger partial charge in [0.25, 0.3) is 5.56 Å². The van der Waals surface area contributed by atoms with Gasteiger partial charge in [-0.1, -0.05) is 50.1 Å². The first kappa shape index (κ1) is 21.1. The summed E-state index contributed by atoms with van der Waals surface area (Å²) in [7, 11) is 0. The van der Waals surface area contributed by atoms with Crippen molar-refractivity contribution >= 4 is 17.0 Å². The van der Waals surface area contributed by atoms with E-state index in [2.05, 4.69) is 29.4 Å². The van der Waals surface area contributed by atoms with Gasteiger partial charge in [-0.15, -0.1) is 0 Å². The van der Waals surface area contributed by atoms with Crippen LogP contribution in [0.2, 0.25) is 0 Å². The molecule has 0 spiro atoms. The van der Waals surface area contributed by atoms with Crippen LogP contribution in [-0.4, -0.2) is 31.8 Å². The van der Waals surface area contributed by atoms with Crippen LogP contribution in [0.5, 0.6) is 0 Å². The summed E-state index contributed by atoms with van der Waals surface area (Å²) in [5, 5.41) is 14.1. The van der Waals surface area contributed by atoms with Gasteiger partial charge in [0.05, 0.1) is 6.10 Å². The van der Waals surface area contributed by atoms with Crippen LogP contribution >= 0.6 is 0 Å². The molecule has 2 aliphatic carbocycles. The molecular formula is C26H32N4O2. The fourth-order valence-electron chi connectivity index (χ4n) is 5.35. The summed E-state index contributed by atoms with van der Waals surface area (Å²) in [5.74, 6) is 0.584. The van der Waals surface area contributed by atoms with E-state index in [0.29, 0.717) is 5.95 Å². The van der Waals surface area contributed by atoms with Crippen molar-refractivity contribution in [1.82, 2.24) is 14.5 Å². The Morgan fingerprint density at radius 3 is 2.50 bits per heavy atom. The minimum Gasteiger partial charge on any atom is -0.393 e. The molecule has 168 valence electrons. The number of nitrogens with one attached hydrogen (secondary N) is 1. The molecule has 6 nitrogen and oxygen atoms in total. The van der Waals surface area contributed by atoms with Gasteiger partial charge < -0.3 is 10.4 Å². The summed E-state index contributed by atoms with van der Waals surface area (Å²) in [6.07, 6.45) is 9.43. The molecule has 2 N–H and O–H groups in total. The second kappa shape index (κ2) is 9.02. The Labute approximate surface area is 188 Å². The molecule has 1 unspecified atom stereocenters. The van der Waals surface area contributed by atoms with Crippen molar-refractivity contribution in [2.75, 3.05) is 5.32 Å². The van der Waals surface area contributed by atoms with Gasteiger partial charge in [0.2, 0.25) is 5.95 Å². The van der Waals surface area contributed by atoms with Crippen molar-refractivity contribution in [3.05, 3.63) is 64.1 Å². The molecule has 0 aliphatic heterocycles. The normalized spacial score (nSPS) is 22.8.